The van der Waals surface area contributed by atoms with Crippen LogP contribution in [0.4, 0.5) is 5.69 Å². The van der Waals surface area contributed by atoms with Crippen LogP contribution < -0.4 is 5.73 Å². The second kappa shape index (κ2) is 5.64. The molecule has 0 saturated heterocycles. The highest BCUT2D eigenvalue weighted by Crippen LogP contribution is 2.25. The molecule has 0 fully saturated rings. The predicted octanol–water partition coefficient (Wildman–Crippen LogP) is 2.68. The Hall–Kier alpha value is -2.23. The van der Waals surface area contributed by atoms with Crippen molar-refractivity contribution in [3.63, 3.8) is 0 Å². The number of hydrogen-bond donors (Lipinski definition) is 1. The molecule has 2 N–H and O–H groups in total. The number of nitrogen functional groups attached to an aromatic ring is 1. The molecule has 0 unspecified atom stereocenters. The van der Waals surface area contributed by atoms with E-state index in [-0.39, 0.29) is 5.91 Å². The number of aromatic nitrogens is 1. The van der Waals surface area contributed by atoms with Crippen molar-refractivity contribution in [1.29, 1.82) is 0 Å². The van der Waals surface area contributed by atoms with Gasteiger partial charge in [-0.25, -0.2) is 0 Å². The van der Waals surface area contributed by atoms with Gasteiger partial charge in [-0.3, -0.25) is 4.79 Å². The molecule has 21 heavy (non-hydrogen) atoms. The monoisotopic (exact) mass is 283 g/mol. The lowest BCUT2D eigenvalue weighted by atomic mass is 9.98. The van der Waals surface area contributed by atoms with Crippen molar-refractivity contribution in [2.75, 3.05) is 12.3 Å². The highest BCUT2D eigenvalue weighted by Gasteiger charge is 2.24. The number of benzene rings is 1. The third-order valence-corrected chi connectivity index (χ3v) is 4.11. The zero-order chi connectivity index (χ0) is 14.8. The van der Waals surface area contributed by atoms with Gasteiger partial charge in [-0.2, -0.15) is 0 Å². The number of carbonyl (C=O) groups is 1. The maximum absolute atomic E-state index is 12.7. The molecule has 4 nitrogen and oxygen atoms in total. The summed E-state index contributed by atoms with van der Waals surface area (Å²) < 4.78 is 2.03. The SMILES string of the molecule is CCCn1cccc1C(=O)N1CCc2cccc(N)c2C1. The molecule has 1 aliphatic rings. The Kier molecular flexibility index (Phi) is 3.69. The van der Waals surface area contributed by atoms with E-state index in [1.807, 2.05) is 39.9 Å². The molecule has 1 amide bonds. The average molecular weight is 283 g/mol. The summed E-state index contributed by atoms with van der Waals surface area (Å²) in [5.41, 5.74) is 9.99. The molecule has 110 valence electrons. The van der Waals surface area contributed by atoms with Crippen LogP contribution >= 0.6 is 0 Å². The van der Waals surface area contributed by atoms with Crippen molar-refractivity contribution in [3.8, 4) is 0 Å². The number of fused-ring (bicyclic) bond motifs is 1. The molecule has 0 bridgehead atoms. The van der Waals surface area contributed by atoms with Crippen LogP contribution in [0.1, 0.15) is 35.0 Å². The van der Waals surface area contributed by atoms with Crippen molar-refractivity contribution in [3.05, 3.63) is 53.3 Å². The first-order valence-corrected chi connectivity index (χ1v) is 7.51. The fourth-order valence-electron chi connectivity index (χ4n) is 2.99. The Bertz CT molecular complexity index is 660. The Morgan fingerprint density at radius 1 is 1.29 bits per heavy atom. The van der Waals surface area contributed by atoms with Gasteiger partial charge in [0.05, 0.1) is 0 Å². The second-order valence-electron chi connectivity index (χ2n) is 5.55. The topological polar surface area (TPSA) is 51.3 Å². The molecule has 0 radical (unpaired) electrons. The lowest BCUT2D eigenvalue weighted by Crippen LogP contribution is -2.37. The molecule has 2 aromatic rings. The molecule has 0 atom stereocenters. The zero-order valence-electron chi connectivity index (χ0n) is 12.4. The minimum atomic E-state index is 0.0994. The predicted molar refractivity (Wildman–Crippen MR) is 84.0 cm³/mol. The van der Waals surface area contributed by atoms with Gasteiger partial charge in [-0.1, -0.05) is 19.1 Å². The number of nitrogens with two attached hydrogens (primary N) is 1. The number of hydrogen-bond acceptors (Lipinski definition) is 2. The number of amides is 1. The van der Waals surface area contributed by atoms with Crippen molar-refractivity contribution < 1.29 is 4.79 Å². The Morgan fingerprint density at radius 3 is 2.95 bits per heavy atom. The van der Waals surface area contributed by atoms with Crippen LogP contribution in [-0.2, 0) is 19.5 Å². The summed E-state index contributed by atoms with van der Waals surface area (Å²) in [7, 11) is 0. The highest BCUT2D eigenvalue weighted by molar-refractivity contribution is 5.93. The number of rotatable bonds is 3. The fourth-order valence-corrected chi connectivity index (χ4v) is 2.99. The minimum absolute atomic E-state index is 0.0994. The Morgan fingerprint density at radius 2 is 2.14 bits per heavy atom. The van der Waals surface area contributed by atoms with Gasteiger partial charge in [-0.15, -0.1) is 0 Å². The molecule has 0 aliphatic carbocycles. The fraction of sp³-hybridized carbons (Fsp3) is 0.353. The maximum Gasteiger partial charge on any atom is 0.270 e. The number of carbonyl (C=O) groups excluding carboxylic acids is 1. The van der Waals surface area contributed by atoms with E-state index in [0.29, 0.717) is 6.54 Å². The van der Waals surface area contributed by atoms with E-state index in [4.69, 9.17) is 5.73 Å². The largest absolute Gasteiger partial charge is 0.398 e. The molecule has 1 aromatic heterocycles. The summed E-state index contributed by atoms with van der Waals surface area (Å²) in [4.78, 5) is 14.6. The third kappa shape index (κ3) is 2.53. The quantitative estimate of drug-likeness (QED) is 0.880. The summed E-state index contributed by atoms with van der Waals surface area (Å²) >= 11 is 0. The van der Waals surface area contributed by atoms with Gasteiger partial charge in [0.1, 0.15) is 5.69 Å². The van der Waals surface area contributed by atoms with Gasteiger partial charge in [0.15, 0.2) is 0 Å². The first kappa shape index (κ1) is 13.7. The average Bonchev–Trinajstić information content (AvgIpc) is 2.95. The van der Waals surface area contributed by atoms with Crippen molar-refractivity contribution in [2.24, 2.45) is 0 Å². The van der Waals surface area contributed by atoms with E-state index in [9.17, 15) is 4.79 Å². The van der Waals surface area contributed by atoms with Gasteiger partial charge >= 0.3 is 0 Å². The standard InChI is InChI=1S/C17H21N3O/c1-2-9-19-10-4-7-16(19)17(21)20-11-8-13-5-3-6-15(18)14(13)12-20/h3-7,10H,2,8-9,11-12,18H2,1H3. The van der Waals surface area contributed by atoms with Crippen LogP contribution in [0.3, 0.4) is 0 Å². The van der Waals surface area contributed by atoms with Crippen molar-refractivity contribution in [1.82, 2.24) is 9.47 Å². The van der Waals surface area contributed by atoms with Crippen LogP contribution in [0.15, 0.2) is 36.5 Å². The van der Waals surface area contributed by atoms with Crippen LogP contribution in [0.25, 0.3) is 0 Å². The molecule has 1 aliphatic heterocycles. The first-order chi connectivity index (χ1) is 10.2. The highest BCUT2D eigenvalue weighted by atomic mass is 16.2. The van der Waals surface area contributed by atoms with Gasteiger partial charge in [0.2, 0.25) is 0 Å². The van der Waals surface area contributed by atoms with Gasteiger partial charge in [0, 0.05) is 31.5 Å². The molecule has 2 heterocycles. The van der Waals surface area contributed by atoms with Gasteiger partial charge in [0.25, 0.3) is 5.91 Å². The van der Waals surface area contributed by atoms with Crippen LogP contribution in [0.5, 0.6) is 0 Å². The zero-order valence-corrected chi connectivity index (χ0v) is 12.4. The number of anilines is 1. The molecule has 0 spiro atoms. The number of nitrogens with zero attached hydrogens (tertiary/aromatic N) is 2. The third-order valence-electron chi connectivity index (χ3n) is 4.11. The number of aryl methyl sites for hydroxylation is 1. The van der Waals surface area contributed by atoms with Gasteiger partial charge in [-0.05, 0) is 42.2 Å². The van der Waals surface area contributed by atoms with Crippen molar-refractivity contribution >= 4 is 11.6 Å². The second-order valence-corrected chi connectivity index (χ2v) is 5.55. The normalized spacial score (nSPS) is 14.0. The van der Waals surface area contributed by atoms with Gasteiger partial charge < -0.3 is 15.2 Å². The summed E-state index contributed by atoms with van der Waals surface area (Å²) in [6.07, 6.45) is 3.87. The molecule has 4 heteroatoms. The molecule has 1 aromatic carbocycles. The lowest BCUT2D eigenvalue weighted by molar-refractivity contribution is 0.0724. The van der Waals surface area contributed by atoms with E-state index in [0.717, 1.165) is 42.9 Å². The maximum atomic E-state index is 12.7. The summed E-state index contributed by atoms with van der Waals surface area (Å²) in [6.45, 7) is 4.36. The van der Waals surface area contributed by atoms with Crippen LogP contribution in [0, 0.1) is 0 Å². The van der Waals surface area contributed by atoms with Crippen LogP contribution in [-0.4, -0.2) is 21.9 Å². The molecule has 0 saturated carbocycles. The van der Waals surface area contributed by atoms with E-state index < -0.39 is 0 Å². The van der Waals surface area contributed by atoms with E-state index in [2.05, 4.69) is 13.0 Å². The van der Waals surface area contributed by atoms with E-state index in [1.54, 1.807) is 0 Å². The molecular formula is C17H21N3O. The summed E-state index contributed by atoms with van der Waals surface area (Å²) in [6, 6.07) is 9.84. The molecular weight excluding hydrogens is 262 g/mol. The van der Waals surface area contributed by atoms with Crippen molar-refractivity contribution in [2.45, 2.75) is 32.9 Å². The smallest absolute Gasteiger partial charge is 0.270 e. The molecule has 3 rings (SSSR count). The summed E-state index contributed by atoms with van der Waals surface area (Å²) in [5.74, 6) is 0.0994. The Balaban J connectivity index is 1.84. The minimum Gasteiger partial charge on any atom is -0.398 e. The van der Waals surface area contributed by atoms with E-state index >= 15 is 0 Å². The van der Waals surface area contributed by atoms with Crippen LogP contribution in [0.2, 0.25) is 0 Å². The van der Waals surface area contributed by atoms with E-state index in [1.165, 1.54) is 5.56 Å². The summed E-state index contributed by atoms with van der Waals surface area (Å²) in [5, 5.41) is 0. The lowest BCUT2D eigenvalue weighted by Gasteiger charge is -2.30. The first-order valence-electron chi connectivity index (χ1n) is 7.51. The Labute approximate surface area is 125 Å².